The molecular formula is C10H12N. The van der Waals surface area contributed by atoms with Crippen LogP contribution in [-0.2, 0) is 0 Å². The van der Waals surface area contributed by atoms with Gasteiger partial charge in [-0.15, -0.1) is 0 Å². The Morgan fingerprint density at radius 2 is 2.55 bits per heavy atom. The van der Waals surface area contributed by atoms with Gasteiger partial charge in [0.2, 0.25) is 0 Å². The van der Waals surface area contributed by atoms with E-state index in [-0.39, 0.29) is 0 Å². The van der Waals surface area contributed by atoms with E-state index in [1.54, 1.807) is 0 Å². The molecule has 0 amide bonds. The van der Waals surface area contributed by atoms with Gasteiger partial charge < -0.3 is 5.41 Å². The maximum Gasteiger partial charge on any atom is -0.00418 e. The highest BCUT2D eigenvalue weighted by molar-refractivity contribution is 5.54. The Morgan fingerprint density at radius 3 is 3.09 bits per heavy atom. The lowest BCUT2D eigenvalue weighted by atomic mass is 9.99. The predicted octanol–water partition coefficient (Wildman–Crippen LogP) is 2.63. The van der Waals surface area contributed by atoms with Gasteiger partial charge in [-0.05, 0) is 30.2 Å². The summed E-state index contributed by atoms with van der Waals surface area (Å²) in [5.74, 6) is 0.449. The Kier molecular flexibility index (Phi) is 2.84. The first-order chi connectivity index (χ1) is 5.34. The summed E-state index contributed by atoms with van der Waals surface area (Å²) < 4.78 is 0. The van der Waals surface area contributed by atoms with Crippen LogP contribution in [0, 0.1) is 11.5 Å². The molecule has 0 aliphatic heterocycles. The van der Waals surface area contributed by atoms with Crippen LogP contribution in [0.5, 0.6) is 0 Å². The Bertz CT molecular complexity index is 216. The zero-order valence-corrected chi connectivity index (χ0v) is 6.67. The molecule has 11 heavy (non-hydrogen) atoms. The van der Waals surface area contributed by atoms with Crippen molar-refractivity contribution in [3.8, 4) is 0 Å². The van der Waals surface area contributed by atoms with E-state index in [0.717, 1.165) is 6.42 Å². The van der Waals surface area contributed by atoms with Crippen LogP contribution in [0.4, 0.5) is 0 Å². The van der Waals surface area contributed by atoms with Gasteiger partial charge in [0.15, 0.2) is 0 Å². The van der Waals surface area contributed by atoms with Crippen molar-refractivity contribution in [2.45, 2.75) is 19.3 Å². The highest BCUT2D eigenvalue weighted by atomic mass is 14.3. The average Bonchev–Trinajstić information content (AvgIpc) is 2.07. The molecule has 0 fully saturated rings. The molecule has 0 aliphatic carbocycles. The van der Waals surface area contributed by atoms with Crippen LogP contribution in [-0.4, -0.2) is 6.21 Å². The summed E-state index contributed by atoms with van der Waals surface area (Å²) >= 11 is 0. The van der Waals surface area contributed by atoms with Crippen LogP contribution < -0.4 is 0 Å². The number of rotatable bonds is 3. The Hall–Kier alpha value is -1.11. The van der Waals surface area contributed by atoms with Gasteiger partial charge in [0.25, 0.3) is 0 Å². The SMILES string of the molecule is CC(CC=N)c1c[c]ccc1. The van der Waals surface area contributed by atoms with Gasteiger partial charge in [-0.2, -0.15) is 0 Å². The zero-order valence-electron chi connectivity index (χ0n) is 6.67. The van der Waals surface area contributed by atoms with Crippen molar-refractivity contribution in [2.75, 3.05) is 0 Å². The predicted molar refractivity (Wildman–Crippen MR) is 47.1 cm³/mol. The molecule has 0 saturated heterocycles. The van der Waals surface area contributed by atoms with E-state index in [4.69, 9.17) is 5.41 Å². The van der Waals surface area contributed by atoms with E-state index in [2.05, 4.69) is 19.1 Å². The van der Waals surface area contributed by atoms with Crippen molar-refractivity contribution in [3.63, 3.8) is 0 Å². The molecule has 1 atom stereocenters. The van der Waals surface area contributed by atoms with Crippen LogP contribution in [0.3, 0.4) is 0 Å². The Morgan fingerprint density at radius 1 is 1.73 bits per heavy atom. The smallest absolute Gasteiger partial charge is 0.00418 e. The zero-order chi connectivity index (χ0) is 8.10. The third-order valence-electron chi connectivity index (χ3n) is 1.77. The van der Waals surface area contributed by atoms with Crippen LogP contribution in [0.2, 0.25) is 0 Å². The molecule has 0 aliphatic rings. The molecular weight excluding hydrogens is 134 g/mol. The van der Waals surface area contributed by atoms with E-state index in [9.17, 15) is 0 Å². The van der Waals surface area contributed by atoms with Crippen molar-refractivity contribution in [1.29, 1.82) is 5.41 Å². The van der Waals surface area contributed by atoms with Crippen molar-refractivity contribution >= 4 is 6.21 Å². The van der Waals surface area contributed by atoms with Crippen LogP contribution in [0.15, 0.2) is 24.3 Å². The maximum atomic E-state index is 6.95. The van der Waals surface area contributed by atoms with Gasteiger partial charge in [0, 0.05) is 0 Å². The van der Waals surface area contributed by atoms with Crippen LogP contribution in [0.25, 0.3) is 0 Å². The maximum absolute atomic E-state index is 6.95. The molecule has 0 aromatic heterocycles. The molecule has 1 heteroatoms. The summed E-state index contributed by atoms with van der Waals surface area (Å²) in [5, 5.41) is 6.95. The molecule has 1 aromatic carbocycles. The normalized spacial score (nSPS) is 12.5. The van der Waals surface area contributed by atoms with E-state index >= 15 is 0 Å². The van der Waals surface area contributed by atoms with Gasteiger partial charge in [0.05, 0.1) is 0 Å². The number of hydrogen-bond donors (Lipinski definition) is 1. The average molecular weight is 146 g/mol. The molecule has 0 heterocycles. The first-order valence-electron chi connectivity index (χ1n) is 3.79. The fourth-order valence-corrected chi connectivity index (χ4v) is 1.03. The lowest BCUT2D eigenvalue weighted by molar-refractivity contribution is 0.811. The summed E-state index contributed by atoms with van der Waals surface area (Å²) in [5.41, 5.74) is 1.26. The van der Waals surface area contributed by atoms with E-state index < -0.39 is 0 Å². The van der Waals surface area contributed by atoms with Crippen LogP contribution >= 0.6 is 0 Å². The Balaban J connectivity index is 2.68. The highest BCUT2D eigenvalue weighted by Gasteiger charge is 2.00. The summed E-state index contributed by atoms with van der Waals surface area (Å²) in [6.45, 7) is 2.12. The molecule has 0 saturated carbocycles. The standard InChI is InChI=1S/C10H12N/c1-9(7-8-11)10-5-3-2-4-6-10/h2-3,5-6,8-9,11H,7H2,1H3. The summed E-state index contributed by atoms with van der Waals surface area (Å²) in [6, 6.07) is 11.0. The fraction of sp³-hybridized carbons (Fsp3) is 0.300. The largest absolute Gasteiger partial charge is 0.313 e. The molecule has 1 aromatic rings. The fourth-order valence-electron chi connectivity index (χ4n) is 1.03. The summed E-state index contributed by atoms with van der Waals surface area (Å²) in [6.07, 6.45) is 2.27. The Labute approximate surface area is 67.6 Å². The number of benzene rings is 1. The molecule has 1 rings (SSSR count). The number of nitrogens with one attached hydrogen (secondary N) is 1. The lowest BCUT2D eigenvalue weighted by Gasteiger charge is -2.06. The van der Waals surface area contributed by atoms with E-state index in [0.29, 0.717) is 5.92 Å². The van der Waals surface area contributed by atoms with Gasteiger partial charge >= 0.3 is 0 Å². The first-order valence-corrected chi connectivity index (χ1v) is 3.79. The quantitative estimate of drug-likeness (QED) is 0.634. The first kappa shape index (κ1) is 7.99. The second-order valence-electron chi connectivity index (χ2n) is 2.68. The monoisotopic (exact) mass is 146 g/mol. The molecule has 0 bridgehead atoms. The second kappa shape index (κ2) is 3.91. The molecule has 1 unspecified atom stereocenters. The minimum absolute atomic E-state index is 0.449. The summed E-state index contributed by atoms with van der Waals surface area (Å²) in [4.78, 5) is 0. The van der Waals surface area contributed by atoms with E-state index in [1.165, 1.54) is 11.8 Å². The van der Waals surface area contributed by atoms with Crippen molar-refractivity contribution in [1.82, 2.24) is 0 Å². The molecule has 57 valence electrons. The van der Waals surface area contributed by atoms with E-state index in [1.807, 2.05) is 18.2 Å². The van der Waals surface area contributed by atoms with Gasteiger partial charge in [-0.1, -0.05) is 31.2 Å². The minimum Gasteiger partial charge on any atom is -0.313 e. The minimum atomic E-state index is 0.449. The number of hydrogen-bond acceptors (Lipinski definition) is 1. The van der Waals surface area contributed by atoms with Crippen molar-refractivity contribution in [2.24, 2.45) is 0 Å². The third-order valence-corrected chi connectivity index (χ3v) is 1.77. The third kappa shape index (κ3) is 2.19. The molecule has 0 spiro atoms. The molecule has 1 radical (unpaired) electrons. The topological polar surface area (TPSA) is 23.9 Å². The van der Waals surface area contributed by atoms with Crippen LogP contribution in [0.1, 0.15) is 24.8 Å². The van der Waals surface area contributed by atoms with Crippen molar-refractivity contribution < 1.29 is 0 Å². The summed E-state index contributed by atoms with van der Waals surface area (Å²) in [7, 11) is 0. The molecule has 1 N–H and O–H groups in total. The molecule has 1 nitrogen and oxygen atoms in total. The lowest BCUT2D eigenvalue weighted by Crippen LogP contribution is -1.92. The highest BCUT2D eigenvalue weighted by Crippen LogP contribution is 2.16. The second-order valence-corrected chi connectivity index (χ2v) is 2.68. The van der Waals surface area contributed by atoms with Crippen molar-refractivity contribution in [3.05, 3.63) is 35.9 Å². The van der Waals surface area contributed by atoms with Gasteiger partial charge in [-0.3, -0.25) is 0 Å². The van der Waals surface area contributed by atoms with Gasteiger partial charge in [-0.25, -0.2) is 0 Å². The van der Waals surface area contributed by atoms with Gasteiger partial charge in [0.1, 0.15) is 0 Å².